The maximum absolute atomic E-state index is 11.5. The molecule has 6 atom stereocenters. The Balaban J connectivity index is 1.76. The highest BCUT2D eigenvalue weighted by molar-refractivity contribution is 7.99. The average molecular weight is 353 g/mol. The fourth-order valence-corrected chi connectivity index (χ4v) is 4.05. The van der Waals surface area contributed by atoms with E-state index in [2.05, 4.69) is 5.32 Å². The summed E-state index contributed by atoms with van der Waals surface area (Å²) >= 11 is 1.55. The van der Waals surface area contributed by atoms with Crippen molar-refractivity contribution in [1.29, 1.82) is 0 Å². The van der Waals surface area contributed by atoms with E-state index in [9.17, 15) is 9.90 Å². The van der Waals surface area contributed by atoms with Crippen LogP contribution in [0.4, 0.5) is 0 Å². The lowest BCUT2D eigenvalue weighted by Crippen LogP contribution is -2.65. The third-order valence-electron chi connectivity index (χ3n) is 4.14. The maximum atomic E-state index is 11.5. The van der Waals surface area contributed by atoms with Gasteiger partial charge in [-0.1, -0.05) is 37.3 Å². The molecule has 2 heterocycles. The van der Waals surface area contributed by atoms with E-state index in [1.165, 1.54) is 6.92 Å². The van der Waals surface area contributed by atoms with Crippen molar-refractivity contribution in [3.63, 3.8) is 0 Å². The van der Waals surface area contributed by atoms with Gasteiger partial charge in [0.15, 0.2) is 6.29 Å². The molecule has 1 unspecified atom stereocenters. The average Bonchev–Trinajstić information content (AvgIpc) is 2.59. The van der Waals surface area contributed by atoms with Crippen LogP contribution in [0, 0.1) is 0 Å². The van der Waals surface area contributed by atoms with Crippen molar-refractivity contribution in [1.82, 2.24) is 5.32 Å². The van der Waals surface area contributed by atoms with Gasteiger partial charge >= 0.3 is 0 Å². The fraction of sp³-hybridized carbons (Fsp3) is 0.588. The first-order valence-electron chi connectivity index (χ1n) is 8.14. The molecule has 2 saturated heterocycles. The van der Waals surface area contributed by atoms with E-state index < -0.39 is 24.5 Å². The summed E-state index contributed by atoms with van der Waals surface area (Å²) in [6.45, 7) is 3.79. The minimum atomic E-state index is -0.855. The highest BCUT2D eigenvalue weighted by atomic mass is 32.2. The topological polar surface area (TPSA) is 77.0 Å². The second-order valence-electron chi connectivity index (χ2n) is 5.89. The molecule has 2 fully saturated rings. The third kappa shape index (κ3) is 3.75. The first-order valence-corrected chi connectivity index (χ1v) is 9.19. The lowest BCUT2D eigenvalue weighted by molar-refractivity contribution is -0.306. The molecule has 0 aromatic heterocycles. The minimum absolute atomic E-state index is 0.200. The number of carbonyl (C=O) groups excluding carboxylic acids is 1. The number of carbonyl (C=O) groups is 1. The lowest BCUT2D eigenvalue weighted by Gasteiger charge is -2.47. The van der Waals surface area contributed by atoms with Crippen LogP contribution in [0.25, 0.3) is 0 Å². The quantitative estimate of drug-likeness (QED) is 0.853. The summed E-state index contributed by atoms with van der Waals surface area (Å²) in [5.41, 5.74) is 0.569. The number of aliphatic hydroxyl groups excluding tert-OH is 1. The van der Waals surface area contributed by atoms with E-state index in [4.69, 9.17) is 14.2 Å². The van der Waals surface area contributed by atoms with Gasteiger partial charge in [0.05, 0.1) is 12.6 Å². The SMILES string of the molecule is CCS[C@@H]1O[C@@H]2COC(c3ccccc3)O[C@H]2[C@H](O)[C@H]1NC(C)=O. The minimum Gasteiger partial charge on any atom is -0.388 e. The van der Waals surface area contributed by atoms with Crippen LogP contribution < -0.4 is 5.32 Å². The molecule has 7 heteroatoms. The van der Waals surface area contributed by atoms with Crippen molar-refractivity contribution >= 4 is 17.7 Å². The molecule has 2 aliphatic rings. The van der Waals surface area contributed by atoms with E-state index in [1.807, 2.05) is 37.3 Å². The molecule has 1 aromatic rings. The van der Waals surface area contributed by atoms with E-state index in [-0.39, 0.29) is 17.4 Å². The van der Waals surface area contributed by atoms with Crippen molar-refractivity contribution in [2.45, 2.75) is 49.9 Å². The van der Waals surface area contributed by atoms with Gasteiger partial charge in [-0.2, -0.15) is 0 Å². The Morgan fingerprint density at radius 3 is 2.75 bits per heavy atom. The van der Waals surface area contributed by atoms with Gasteiger partial charge in [-0.3, -0.25) is 4.79 Å². The summed E-state index contributed by atoms with van der Waals surface area (Å²) in [7, 11) is 0. The highest BCUT2D eigenvalue weighted by Gasteiger charge is 2.49. The molecule has 2 N–H and O–H groups in total. The van der Waals surface area contributed by atoms with Gasteiger partial charge in [0.25, 0.3) is 0 Å². The zero-order valence-corrected chi connectivity index (χ0v) is 14.6. The van der Waals surface area contributed by atoms with Crippen molar-refractivity contribution in [3.8, 4) is 0 Å². The molecule has 3 rings (SSSR count). The molecule has 1 aromatic carbocycles. The predicted molar refractivity (Wildman–Crippen MR) is 90.4 cm³/mol. The molecular weight excluding hydrogens is 330 g/mol. The summed E-state index contributed by atoms with van der Waals surface area (Å²) in [6.07, 6.45) is -2.30. The predicted octanol–water partition coefficient (Wildman–Crippen LogP) is 1.44. The van der Waals surface area contributed by atoms with Gasteiger partial charge in [0.2, 0.25) is 5.91 Å². The van der Waals surface area contributed by atoms with Crippen LogP contribution in [-0.2, 0) is 19.0 Å². The zero-order valence-electron chi connectivity index (χ0n) is 13.8. The van der Waals surface area contributed by atoms with Crippen molar-refractivity contribution in [2.75, 3.05) is 12.4 Å². The first-order chi connectivity index (χ1) is 11.6. The van der Waals surface area contributed by atoms with Gasteiger partial charge < -0.3 is 24.6 Å². The molecule has 6 nitrogen and oxygen atoms in total. The molecule has 0 bridgehead atoms. The molecule has 0 aliphatic carbocycles. The Labute approximate surface area is 145 Å². The van der Waals surface area contributed by atoms with E-state index in [0.29, 0.717) is 6.61 Å². The molecule has 2 aliphatic heterocycles. The fourth-order valence-electron chi connectivity index (χ4n) is 3.07. The summed E-state index contributed by atoms with van der Waals surface area (Å²) in [5, 5.41) is 13.6. The van der Waals surface area contributed by atoms with E-state index in [0.717, 1.165) is 11.3 Å². The summed E-state index contributed by atoms with van der Waals surface area (Å²) in [4.78, 5) is 11.5. The number of aliphatic hydroxyl groups is 1. The number of rotatable bonds is 4. The number of fused-ring (bicyclic) bond motifs is 1. The molecule has 0 radical (unpaired) electrons. The van der Waals surface area contributed by atoms with Crippen LogP contribution in [0.5, 0.6) is 0 Å². The molecule has 132 valence electrons. The number of amides is 1. The van der Waals surface area contributed by atoms with Gasteiger partial charge in [-0.05, 0) is 5.75 Å². The third-order valence-corrected chi connectivity index (χ3v) is 5.20. The molecule has 1 amide bonds. The van der Waals surface area contributed by atoms with Gasteiger partial charge in [-0.25, -0.2) is 0 Å². The van der Waals surface area contributed by atoms with Crippen LogP contribution in [0.1, 0.15) is 25.7 Å². The lowest BCUT2D eigenvalue weighted by atomic mass is 9.96. The smallest absolute Gasteiger partial charge is 0.217 e. The summed E-state index contributed by atoms with van der Waals surface area (Å²) < 4.78 is 17.8. The number of thioether (sulfide) groups is 1. The Morgan fingerprint density at radius 2 is 2.08 bits per heavy atom. The van der Waals surface area contributed by atoms with E-state index >= 15 is 0 Å². The Morgan fingerprint density at radius 1 is 1.33 bits per heavy atom. The van der Waals surface area contributed by atoms with Gasteiger partial charge in [0, 0.05) is 12.5 Å². The van der Waals surface area contributed by atoms with Crippen LogP contribution in [0.2, 0.25) is 0 Å². The standard InChI is InChI=1S/C17H23NO5S/c1-3-24-17-13(18-10(2)19)14(20)15-12(22-17)9-21-16(23-15)11-7-5-4-6-8-11/h4-8,12-17,20H,3,9H2,1-2H3,(H,18,19)/t12-,13-,14-,15-,16?,17+/m1/s1. The summed E-state index contributed by atoms with van der Waals surface area (Å²) in [5.74, 6) is 0.619. The summed E-state index contributed by atoms with van der Waals surface area (Å²) in [6, 6.07) is 9.08. The Bertz CT molecular complexity index is 557. The number of hydrogen-bond donors (Lipinski definition) is 2. The normalized spacial score (nSPS) is 36.0. The zero-order chi connectivity index (χ0) is 17.1. The van der Waals surface area contributed by atoms with Gasteiger partial charge in [0.1, 0.15) is 23.7 Å². The van der Waals surface area contributed by atoms with Crippen molar-refractivity contribution in [3.05, 3.63) is 35.9 Å². The monoisotopic (exact) mass is 353 g/mol. The van der Waals surface area contributed by atoms with Crippen molar-refractivity contribution < 1.29 is 24.1 Å². The Kier molecular flexibility index (Phi) is 5.78. The van der Waals surface area contributed by atoms with Crippen LogP contribution in [0.15, 0.2) is 30.3 Å². The number of hydrogen-bond acceptors (Lipinski definition) is 6. The Hall–Kier alpha value is -1.12. The second kappa shape index (κ2) is 7.84. The number of benzene rings is 1. The highest BCUT2D eigenvalue weighted by Crippen LogP contribution is 2.36. The molecule has 0 spiro atoms. The van der Waals surface area contributed by atoms with Crippen LogP contribution in [0.3, 0.4) is 0 Å². The number of ether oxygens (including phenoxy) is 3. The second-order valence-corrected chi connectivity index (χ2v) is 7.27. The largest absolute Gasteiger partial charge is 0.388 e. The van der Waals surface area contributed by atoms with Crippen LogP contribution >= 0.6 is 11.8 Å². The van der Waals surface area contributed by atoms with E-state index in [1.54, 1.807) is 11.8 Å². The van der Waals surface area contributed by atoms with Crippen molar-refractivity contribution in [2.24, 2.45) is 0 Å². The van der Waals surface area contributed by atoms with Crippen LogP contribution in [-0.4, -0.2) is 53.2 Å². The molecule has 24 heavy (non-hydrogen) atoms. The first kappa shape index (κ1) is 17.7. The van der Waals surface area contributed by atoms with Gasteiger partial charge in [-0.15, -0.1) is 11.8 Å². The maximum Gasteiger partial charge on any atom is 0.217 e. The number of nitrogens with one attached hydrogen (secondary N) is 1. The molecule has 0 saturated carbocycles. The molecular formula is C17H23NO5S.